The van der Waals surface area contributed by atoms with Gasteiger partial charge >= 0.3 is 0 Å². The van der Waals surface area contributed by atoms with Gasteiger partial charge in [0.1, 0.15) is 0 Å². The van der Waals surface area contributed by atoms with E-state index >= 15 is 0 Å². The number of aromatic nitrogens is 3. The van der Waals surface area contributed by atoms with Crippen LogP contribution in [0.5, 0.6) is 0 Å². The molecule has 0 saturated carbocycles. The minimum Gasteiger partial charge on any atom is -0.352 e. The van der Waals surface area contributed by atoms with Gasteiger partial charge in [0.25, 0.3) is 0 Å². The number of hydrogen-bond acceptors (Lipinski definition) is 4. The molecular formula is C18H23N5O2. The number of pyridine rings is 1. The summed E-state index contributed by atoms with van der Waals surface area (Å²) in [5.74, 6) is -0.361. The van der Waals surface area contributed by atoms with E-state index in [1.54, 1.807) is 23.5 Å². The fourth-order valence-electron chi connectivity index (χ4n) is 3.00. The molecule has 0 spiro atoms. The van der Waals surface area contributed by atoms with Gasteiger partial charge in [-0.25, -0.2) is 0 Å². The number of likely N-dealkylation sites (tertiary alicyclic amines) is 1. The van der Waals surface area contributed by atoms with Crippen LogP contribution >= 0.6 is 0 Å². The van der Waals surface area contributed by atoms with Gasteiger partial charge < -0.3 is 10.2 Å². The molecule has 2 aromatic rings. The Kier molecular flexibility index (Phi) is 5.42. The molecular weight excluding hydrogens is 318 g/mol. The van der Waals surface area contributed by atoms with E-state index in [2.05, 4.69) is 22.3 Å². The van der Waals surface area contributed by atoms with E-state index in [1.807, 2.05) is 23.0 Å². The zero-order valence-corrected chi connectivity index (χ0v) is 14.4. The number of rotatable bonds is 7. The lowest BCUT2D eigenvalue weighted by molar-refractivity contribution is -0.129. The molecule has 0 aromatic carbocycles. The van der Waals surface area contributed by atoms with Crippen molar-refractivity contribution in [2.45, 2.75) is 39.4 Å². The fraction of sp³-hybridized carbons (Fsp3) is 0.444. The van der Waals surface area contributed by atoms with Crippen molar-refractivity contribution >= 4 is 11.8 Å². The first kappa shape index (κ1) is 17.1. The molecule has 2 amide bonds. The second kappa shape index (κ2) is 7.92. The van der Waals surface area contributed by atoms with E-state index in [-0.39, 0.29) is 24.2 Å². The van der Waals surface area contributed by atoms with E-state index in [1.165, 1.54) is 0 Å². The molecule has 0 radical (unpaired) electrons. The van der Waals surface area contributed by atoms with Gasteiger partial charge in [0.2, 0.25) is 11.8 Å². The van der Waals surface area contributed by atoms with Gasteiger partial charge in [-0.05, 0) is 18.1 Å². The van der Waals surface area contributed by atoms with E-state index in [9.17, 15) is 9.59 Å². The Labute approximate surface area is 147 Å². The Morgan fingerprint density at radius 3 is 3.00 bits per heavy atom. The molecule has 2 aromatic heterocycles. The Hall–Kier alpha value is -2.70. The minimum absolute atomic E-state index is 0.0137. The lowest BCUT2D eigenvalue weighted by Gasteiger charge is -2.16. The molecule has 1 aliphatic heterocycles. The molecule has 7 nitrogen and oxygen atoms in total. The predicted octanol–water partition coefficient (Wildman–Crippen LogP) is 1.35. The summed E-state index contributed by atoms with van der Waals surface area (Å²) in [6.45, 7) is 4.36. The highest BCUT2D eigenvalue weighted by atomic mass is 16.2. The molecule has 1 saturated heterocycles. The monoisotopic (exact) mass is 341 g/mol. The third-order valence-corrected chi connectivity index (χ3v) is 4.29. The summed E-state index contributed by atoms with van der Waals surface area (Å²) in [6, 6.07) is 3.78. The van der Waals surface area contributed by atoms with Gasteiger partial charge in [-0.15, -0.1) is 0 Å². The molecule has 0 bridgehead atoms. The quantitative estimate of drug-likeness (QED) is 0.824. The van der Waals surface area contributed by atoms with Crippen LogP contribution in [0.2, 0.25) is 0 Å². The topological polar surface area (TPSA) is 80.1 Å². The highest BCUT2D eigenvalue weighted by Crippen LogP contribution is 2.20. The first-order valence-corrected chi connectivity index (χ1v) is 8.61. The molecule has 3 rings (SSSR count). The lowest BCUT2D eigenvalue weighted by atomic mass is 10.1. The van der Waals surface area contributed by atoms with Crippen LogP contribution in [0.15, 0.2) is 36.9 Å². The molecule has 3 heterocycles. The highest BCUT2D eigenvalue weighted by molar-refractivity contribution is 5.89. The summed E-state index contributed by atoms with van der Waals surface area (Å²) in [7, 11) is 0. The normalized spacial score (nSPS) is 17.1. The van der Waals surface area contributed by atoms with Gasteiger partial charge in [-0.2, -0.15) is 5.10 Å². The van der Waals surface area contributed by atoms with Gasteiger partial charge in [0.15, 0.2) is 0 Å². The summed E-state index contributed by atoms with van der Waals surface area (Å²) >= 11 is 0. The van der Waals surface area contributed by atoms with E-state index < -0.39 is 0 Å². The summed E-state index contributed by atoms with van der Waals surface area (Å²) in [5.41, 5.74) is 1.94. The molecule has 0 unspecified atom stereocenters. The Morgan fingerprint density at radius 1 is 1.36 bits per heavy atom. The lowest BCUT2D eigenvalue weighted by Crippen LogP contribution is -2.32. The van der Waals surface area contributed by atoms with Crippen molar-refractivity contribution in [3.8, 4) is 0 Å². The molecule has 1 fully saturated rings. The number of carbonyl (C=O) groups is 2. The van der Waals surface area contributed by atoms with Crippen molar-refractivity contribution in [1.29, 1.82) is 0 Å². The van der Waals surface area contributed by atoms with Gasteiger partial charge in [0.05, 0.1) is 12.1 Å². The number of nitrogens with zero attached hydrogens (tertiary/aromatic N) is 4. The van der Waals surface area contributed by atoms with Crippen molar-refractivity contribution in [3.05, 3.63) is 48.0 Å². The number of amides is 2. The number of hydrogen-bond donors (Lipinski definition) is 1. The number of aryl methyl sites for hydroxylation is 1. The van der Waals surface area contributed by atoms with E-state index in [0.29, 0.717) is 19.6 Å². The maximum absolute atomic E-state index is 12.4. The zero-order chi connectivity index (χ0) is 17.6. The molecule has 25 heavy (non-hydrogen) atoms. The van der Waals surface area contributed by atoms with E-state index in [0.717, 1.165) is 24.1 Å². The SMILES string of the molecule is CCCn1cc(CNC(=O)[C@@H]2CC(=O)N(Cc3cccnc3)C2)cn1. The summed E-state index contributed by atoms with van der Waals surface area (Å²) in [4.78, 5) is 30.3. The smallest absolute Gasteiger partial charge is 0.225 e. The number of nitrogens with one attached hydrogen (secondary N) is 1. The maximum atomic E-state index is 12.4. The minimum atomic E-state index is -0.296. The largest absolute Gasteiger partial charge is 0.352 e. The van der Waals surface area contributed by atoms with Crippen molar-refractivity contribution in [1.82, 2.24) is 25.0 Å². The van der Waals surface area contributed by atoms with E-state index in [4.69, 9.17) is 0 Å². The third-order valence-electron chi connectivity index (χ3n) is 4.29. The van der Waals surface area contributed by atoms with Crippen LogP contribution in [0.25, 0.3) is 0 Å². The molecule has 1 aliphatic rings. The van der Waals surface area contributed by atoms with Crippen LogP contribution < -0.4 is 5.32 Å². The summed E-state index contributed by atoms with van der Waals surface area (Å²) in [6.07, 6.45) is 8.44. The summed E-state index contributed by atoms with van der Waals surface area (Å²) in [5, 5.41) is 7.17. The van der Waals surface area contributed by atoms with Crippen molar-refractivity contribution in [2.24, 2.45) is 5.92 Å². The van der Waals surface area contributed by atoms with Crippen LogP contribution in [0.3, 0.4) is 0 Å². The van der Waals surface area contributed by atoms with Gasteiger partial charge in [-0.3, -0.25) is 19.3 Å². The number of carbonyl (C=O) groups excluding carboxylic acids is 2. The van der Waals surface area contributed by atoms with Crippen LogP contribution in [0.1, 0.15) is 30.9 Å². The Balaban J connectivity index is 1.50. The first-order valence-electron chi connectivity index (χ1n) is 8.61. The standard InChI is InChI=1S/C18H23N5O2/c1-2-6-23-12-15(10-21-23)9-20-18(25)16-7-17(24)22(13-16)11-14-4-3-5-19-8-14/h3-5,8,10,12,16H,2,6-7,9,11,13H2,1H3,(H,20,25)/t16-/m1/s1. The Bertz CT molecular complexity index is 728. The fourth-order valence-corrected chi connectivity index (χ4v) is 3.00. The molecule has 7 heteroatoms. The van der Waals surface area contributed by atoms with Crippen LogP contribution in [0.4, 0.5) is 0 Å². The van der Waals surface area contributed by atoms with Gasteiger partial charge in [-0.1, -0.05) is 13.0 Å². The second-order valence-electron chi connectivity index (χ2n) is 6.37. The van der Waals surface area contributed by atoms with Gasteiger partial charge in [0, 0.05) is 56.8 Å². The van der Waals surface area contributed by atoms with Crippen molar-refractivity contribution < 1.29 is 9.59 Å². The van der Waals surface area contributed by atoms with Crippen LogP contribution in [-0.4, -0.2) is 38.0 Å². The molecule has 1 atom stereocenters. The molecule has 0 aliphatic carbocycles. The molecule has 1 N–H and O–H groups in total. The van der Waals surface area contributed by atoms with Crippen molar-refractivity contribution in [2.75, 3.05) is 6.54 Å². The maximum Gasteiger partial charge on any atom is 0.225 e. The van der Waals surface area contributed by atoms with Crippen molar-refractivity contribution in [3.63, 3.8) is 0 Å². The van der Waals surface area contributed by atoms with Crippen LogP contribution in [0, 0.1) is 5.92 Å². The zero-order valence-electron chi connectivity index (χ0n) is 14.4. The Morgan fingerprint density at radius 2 is 2.24 bits per heavy atom. The highest BCUT2D eigenvalue weighted by Gasteiger charge is 2.34. The molecule has 132 valence electrons. The first-order chi connectivity index (χ1) is 12.2. The average molecular weight is 341 g/mol. The summed E-state index contributed by atoms with van der Waals surface area (Å²) < 4.78 is 1.87. The average Bonchev–Trinajstić information content (AvgIpc) is 3.21. The predicted molar refractivity (Wildman–Crippen MR) is 92.1 cm³/mol. The van der Waals surface area contributed by atoms with Crippen LogP contribution in [-0.2, 0) is 29.2 Å². The third kappa shape index (κ3) is 4.43. The second-order valence-corrected chi connectivity index (χ2v) is 6.37.